The standard InChI is InChI=1S/Ca.H3O4P.4H2O.Ti.2H/c;1-5(2,3)4;;;;;;;/h;(H3,1,2,3,4);4*1H2;;;/q;;;;;;+4;;/p-4. The first-order valence-electron chi connectivity index (χ1n) is 1.68. The fourth-order valence-corrected chi connectivity index (χ4v) is 0. The molecule has 11 heavy (non-hydrogen) atoms. The van der Waals surface area contributed by atoms with E-state index in [9.17, 15) is 0 Å². The van der Waals surface area contributed by atoms with E-state index in [1.807, 2.05) is 0 Å². The van der Waals surface area contributed by atoms with E-state index >= 15 is 0 Å². The van der Waals surface area contributed by atoms with Crippen LogP contribution in [0.4, 0.5) is 0 Å². The summed E-state index contributed by atoms with van der Waals surface area (Å²) in [6.45, 7) is 0. The van der Waals surface area contributed by atoms with Crippen LogP contribution in [0.2, 0.25) is 0 Å². The van der Waals surface area contributed by atoms with Crippen LogP contribution in [0.3, 0.4) is 0 Å². The fourth-order valence-electron chi connectivity index (χ4n) is 0. The van der Waals surface area contributed by atoms with Crippen LogP contribution in [0, 0.1) is 0 Å². The zero-order chi connectivity index (χ0) is 9.00. The number of rotatable bonds is 0. The molecule has 0 saturated heterocycles. The summed E-state index contributed by atoms with van der Waals surface area (Å²) in [7, 11) is -4.64. The molecule has 0 aromatic heterocycles. The van der Waals surface area contributed by atoms with Crippen molar-refractivity contribution in [2.75, 3.05) is 0 Å². The van der Waals surface area contributed by atoms with Gasteiger partial charge >= 0.3 is 78.5 Å². The van der Waals surface area contributed by atoms with Gasteiger partial charge in [-0.25, -0.2) is 4.57 Å². The first-order chi connectivity index (χ1) is 4.00. The van der Waals surface area contributed by atoms with Crippen LogP contribution in [0.1, 0.15) is 0 Å². The van der Waals surface area contributed by atoms with E-state index < -0.39 is 26.0 Å². The van der Waals surface area contributed by atoms with E-state index in [-0.39, 0.29) is 37.7 Å². The van der Waals surface area contributed by atoms with Gasteiger partial charge in [-0.1, -0.05) is 0 Å². The average molecular weight is 256 g/mol. The van der Waals surface area contributed by atoms with Gasteiger partial charge in [0, 0.05) is 0 Å². The van der Waals surface area contributed by atoms with E-state index in [0.29, 0.717) is 0 Å². The van der Waals surface area contributed by atoms with Gasteiger partial charge in [-0.05, 0) is 0 Å². The summed E-state index contributed by atoms with van der Waals surface area (Å²) < 4.78 is 38.4. The molecule has 0 aromatic rings. The van der Waals surface area contributed by atoms with Gasteiger partial charge in [0.2, 0.25) is 0 Å². The van der Waals surface area contributed by atoms with Crippen molar-refractivity contribution in [3.63, 3.8) is 0 Å². The van der Waals surface area contributed by atoms with Gasteiger partial charge < -0.3 is 14.7 Å². The van der Waals surface area contributed by atoms with Gasteiger partial charge in [0.1, 0.15) is 0 Å². The first-order valence-corrected chi connectivity index (χ1v) is 6.04. The molecule has 0 atom stereocenters. The third kappa shape index (κ3) is 317. The van der Waals surface area contributed by atoms with Crippen molar-refractivity contribution in [2.45, 2.75) is 0 Å². The van der Waals surface area contributed by atoms with E-state index in [4.69, 9.17) is 34.0 Å². The molecule has 11 heteroatoms. The first kappa shape index (κ1) is 18.7. The molecule has 0 aliphatic carbocycles. The summed E-state index contributed by atoms with van der Waals surface area (Å²) in [6, 6.07) is 0. The van der Waals surface area contributed by atoms with Gasteiger partial charge in [0.05, 0.1) is 0 Å². The maximum atomic E-state index is 8.88. The van der Waals surface area contributed by atoms with Crippen LogP contribution in [0.25, 0.3) is 0 Å². The van der Waals surface area contributed by atoms with Crippen LogP contribution in [-0.2, 0) is 22.7 Å². The summed E-state index contributed by atoms with van der Waals surface area (Å²) in [5.41, 5.74) is 0. The minimum absolute atomic E-state index is 0. The Morgan fingerprint density at radius 1 is 0.909 bits per heavy atom. The predicted octanol–water partition coefficient (Wildman–Crippen LogP) is -4.08. The Morgan fingerprint density at radius 2 is 0.909 bits per heavy atom. The van der Waals surface area contributed by atoms with Crippen molar-refractivity contribution in [2.24, 2.45) is 0 Å². The second-order valence-electron chi connectivity index (χ2n) is 1.11. The molecular formula is H9CaO8PTi. The van der Waals surface area contributed by atoms with Gasteiger partial charge in [-0.3, -0.25) is 0 Å². The zero-order valence-electron chi connectivity index (χ0n) is 4.49. The van der Waals surface area contributed by atoms with Crippen molar-refractivity contribution in [3.05, 3.63) is 0 Å². The van der Waals surface area contributed by atoms with E-state index in [1.165, 1.54) is 0 Å². The Hall–Kier alpha value is 1.92. The molecule has 0 radical (unpaired) electrons. The number of phosphoric acid groups is 1. The van der Waals surface area contributed by atoms with Crippen LogP contribution >= 0.6 is 7.82 Å². The Balaban J connectivity index is -0.000000107. The molecule has 0 fully saturated rings. The van der Waals surface area contributed by atoms with Gasteiger partial charge in [-0.15, -0.1) is 0 Å². The molecule has 0 saturated carbocycles. The van der Waals surface area contributed by atoms with Crippen LogP contribution < -0.4 is 0 Å². The maximum absolute atomic E-state index is 8.88. The monoisotopic (exact) mass is 256 g/mol. The van der Waals surface area contributed by atoms with Crippen LogP contribution in [0.5, 0.6) is 0 Å². The summed E-state index contributed by atoms with van der Waals surface area (Å²) in [5.74, 6) is 0. The summed E-state index contributed by atoms with van der Waals surface area (Å²) in [4.78, 5) is 21.6. The Kier molecular flexibility index (Phi) is 12.4. The predicted molar refractivity (Wildman–Crippen MR) is 31.7 cm³/mol. The molecule has 0 bridgehead atoms. The molecule has 0 heterocycles. The van der Waals surface area contributed by atoms with Crippen molar-refractivity contribution in [1.82, 2.24) is 0 Å². The Morgan fingerprint density at radius 3 is 0.909 bits per heavy atom. The molecule has 0 rings (SSSR count). The van der Waals surface area contributed by atoms with E-state index in [2.05, 4.69) is 0 Å². The summed E-state index contributed by atoms with van der Waals surface area (Å²) in [6.07, 6.45) is 0. The Bertz CT molecular complexity index is 106. The second-order valence-corrected chi connectivity index (χ2v) is 4.01. The van der Waals surface area contributed by atoms with Gasteiger partial charge in [-0.2, -0.15) is 0 Å². The number of hydrogen-bond acceptors (Lipinski definition) is 5. The van der Waals surface area contributed by atoms with Crippen molar-refractivity contribution in [1.29, 1.82) is 0 Å². The minimum atomic E-state index is -5.00. The molecule has 0 spiro atoms. The quantitative estimate of drug-likeness (QED) is 0.170. The number of hydrogen-bond donors (Lipinski definition) is 7. The van der Waals surface area contributed by atoms with Crippen molar-refractivity contribution < 1.29 is 52.1 Å². The fraction of sp³-hybridized carbons (Fsp3) is 0. The molecule has 7 N–H and O–H groups in total. The van der Waals surface area contributed by atoms with Crippen LogP contribution in [0.15, 0.2) is 0 Å². The van der Waals surface area contributed by atoms with Gasteiger partial charge in [0.15, 0.2) is 0 Å². The van der Waals surface area contributed by atoms with E-state index in [0.717, 1.165) is 0 Å². The topological polar surface area (TPSA) is 159 Å². The third-order valence-corrected chi connectivity index (χ3v) is 0. The average Bonchev–Trinajstić information content (AvgIpc) is 1.12. The summed E-state index contributed by atoms with van der Waals surface area (Å²) >= 11 is -5.00. The molecule has 0 aliphatic rings. The molecule has 0 aliphatic heterocycles. The normalized spacial score (nSPS) is 10.8. The molecule has 0 amide bonds. The molecule has 0 unspecified atom stereocenters. The third-order valence-electron chi connectivity index (χ3n) is 0. The van der Waals surface area contributed by atoms with Gasteiger partial charge in [0.25, 0.3) is 0 Å². The van der Waals surface area contributed by atoms with E-state index in [1.54, 1.807) is 0 Å². The summed E-state index contributed by atoms with van der Waals surface area (Å²) in [5, 5.41) is 0. The molecule has 8 nitrogen and oxygen atoms in total. The molecule has 68 valence electrons. The molecule has 0 aromatic carbocycles. The van der Waals surface area contributed by atoms with Crippen LogP contribution in [-0.4, -0.2) is 67.2 Å². The second kappa shape index (κ2) is 7.34. The van der Waals surface area contributed by atoms with Crippen molar-refractivity contribution in [3.8, 4) is 0 Å². The SMILES string of the molecule is O=P(O)(O)O.[CaH2].[OH][Ti]([OH])([OH])[OH]. The Labute approximate surface area is 96.6 Å². The van der Waals surface area contributed by atoms with Crippen molar-refractivity contribution >= 4 is 45.6 Å². The zero-order valence-corrected chi connectivity index (χ0v) is 6.94. The molecular weight excluding hydrogens is 247 g/mol.